The standard InChI is InChI=1S/C50H35N/c1-4-14-36(15-5-1)38-24-29-43(30-25-38)51(44-31-26-39(27-32-44)37-16-6-2-7-17-37)50-33-28-42(35-49(50)40-18-8-3-9-19-40)48-34-41-20-10-11-21-45(41)46-22-12-13-23-47(46)48/h1-35H. The Morgan fingerprint density at radius 1 is 0.255 bits per heavy atom. The van der Waals surface area contributed by atoms with Crippen LogP contribution in [0.1, 0.15) is 0 Å². The highest BCUT2D eigenvalue weighted by atomic mass is 15.1. The molecule has 9 aromatic carbocycles. The second kappa shape index (κ2) is 13.3. The summed E-state index contributed by atoms with van der Waals surface area (Å²) in [6.07, 6.45) is 0. The van der Waals surface area contributed by atoms with Crippen LogP contribution in [0.25, 0.3) is 66.1 Å². The summed E-state index contributed by atoms with van der Waals surface area (Å²) in [6, 6.07) is 76.7. The van der Waals surface area contributed by atoms with E-state index >= 15 is 0 Å². The second-order valence-corrected chi connectivity index (χ2v) is 13.0. The molecule has 0 aromatic heterocycles. The molecule has 1 nitrogen and oxygen atoms in total. The Kier molecular flexibility index (Phi) is 7.92. The third kappa shape index (κ3) is 5.86. The minimum atomic E-state index is 1.10. The van der Waals surface area contributed by atoms with Crippen molar-refractivity contribution in [3.8, 4) is 44.5 Å². The van der Waals surface area contributed by atoms with Gasteiger partial charge in [0.15, 0.2) is 0 Å². The van der Waals surface area contributed by atoms with Crippen LogP contribution in [0.15, 0.2) is 212 Å². The summed E-state index contributed by atoms with van der Waals surface area (Å²) in [5.74, 6) is 0. The van der Waals surface area contributed by atoms with Crippen LogP contribution < -0.4 is 4.90 Å². The molecule has 0 aliphatic rings. The van der Waals surface area contributed by atoms with Crippen molar-refractivity contribution >= 4 is 38.6 Å². The van der Waals surface area contributed by atoms with Crippen LogP contribution in [0, 0.1) is 0 Å². The zero-order chi connectivity index (χ0) is 34.0. The van der Waals surface area contributed by atoms with Gasteiger partial charge in [-0.2, -0.15) is 0 Å². The quantitative estimate of drug-likeness (QED) is 0.155. The first-order valence-corrected chi connectivity index (χ1v) is 17.5. The Bertz CT molecular complexity index is 2510. The minimum Gasteiger partial charge on any atom is -0.310 e. The molecule has 1 heteroatoms. The normalized spacial score (nSPS) is 11.1. The molecule has 9 rings (SSSR count). The van der Waals surface area contributed by atoms with Crippen LogP contribution in [0.3, 0.4) is 0 Å². The highest BCUT2D eigenvalue weighted by Crippen LogP contribution is 2.45. The Hall–Kier alpha value is -6.70. The number of hydrogen-bond acceptors (Lipinski definition) is 1. The predicted octanol–water partition coefficient (Wildman–Crippen LogP) is 14.1. The molecule has 0 unspecified atom stereocenters. The average Bonchev–Trinajstić information content (AvgIpc) is 3.22. The zero-order valence-electron chi connectivity index (χ0n) is 28.2. The van der Waals surface area contributed by atoms with Gasteiger partial charge in [0.25, 0.3) is 0 Å². The van der Waals surface area contributed by atoms with Crippen LogP contribution in [-0.4, -0.2) is 0 Å². The lowest BCUT2D eigenvalue weighted by atomic mass is 9.91. The van der Waals surface area contributed by atoms with E-state index in [-0.39, 0.29) is 0 Å². The van der Waals surface area contributed by atoms with E-state index in [4.69, 9.17) is 0 Å². The first-order valence-electron chi connectivity index (χ1n) is 17.5. The van der Waals surface area contributed by atoms with E-state index in [2.05, 4.69) is 217 Å². The number of rotatable bonds is 7. The Morgan fingerprint density at radius 3 is 1.25 bits per heavy atom. The van der Waals surface area contributed by atoms with Crippen LogP contribution >= 0.6 is 0 Å². The third-order valence-electron chi connectivity index (χ3n) is 9.87. The minimum absolute atomic E-state index is 1.10. The van der Waals surface area contributed by atoms with Crippen LogP contribution in [-0.2, 0) is 0 Å². The van der Waals surface area contributed by atoms with Crippen molar-refractivity contribution in [3.63, 3.8) is 0 Å². The van der Waals surface area contributed by atoms with Gasteiger partial charge in [0.05, 0.1) is 5.69 Å². The SMILES string of the molecule is c1ccc(-c2ccc(N(c3ccc(-c4ccccc4)cc3)c3ccc(-c4cc5ccccc5c5ccccc45)cc3-c3ccccc3)cc2)cc1. The largest absolute Gasteiger partial charge is 0.310 e. The van der Waals surface area contributed by atoms with Crippen LogP contribution in [0.2, 0.25) is 0 Å². The maximum absolute atomic E-state index is 2.40. The maximum atomic E-state index is 2.40. The van der Waals surface area contributed by atoms with Crippen LogP contribution in [0.5, 0.6) is 0 Å². The fraction of sp³-hybridized carbons (Fsp3) is 0. The molecule has 0 N–H and O–H groups in total. The van der Waals surface area contributed by atoms with Crippen LogP contribution in [0.4, 0.5) is 17.1 Å². The number of fused-ring (bicyclic) bond motifs is 3. The van der Waals surface area contributed by atoms with Crippen molar-refractivity contribution in [2.75, 3.05) is 4.90 Å². The lowest BCUT2D eigenvalue weighted by Crippen LogP contribution is -2.11. The summed E-state index contributed by atoms with van der Waals surface area (Å²) in [6.45, 7) is 0. The van der Waals surface area contributed by atoms with Crippen molar-refractivity contribution in [3.05, 3.63) is 212 Å². The molecule has 0 radical (unpaired) electrons. The molecule has 51 heavy (non-hydrogen) atoms. The topological polar surface area (TPSA) is 3.24 Å². The number of hydrogen-bond donors (Lipinski definition) is 0. The molecule has 0 atom stereocenters. The van der Waals surface area contributed by atoms with Gasteiger partial charge in [-0.15, -0.1) is 0 Å². The van der Waals surface area contributed by atoms with Gasteiger partial charge in [-0.3, -0.25) is 0 Å². The number of benzene rings is 9. The molecule has 9 aromatic rings. The van der Waals surface area contributed by atoms with Gasteiger partial charge >= 0.3 is 0 Å². The smallest absolute Gasteiger partial charge is 0.0540 e. The molecule has 0 aliphatic heterocycles. The highest BCUT2D eigenvalue weighted by Gasteiger charge is 2.19. The van der Waals surface area contributed by atoms with E-state index in [1.165, 1.54) is 66.1 Å². The summed E-state index contributed by atoms with van der Waals surface area (Å²) in [5.41, 5.74) is 12.9. The average molecular weight is 650 g/mol. The van der Waals surface area contributed by atoms with E-state index in [0.717, 1.165) is 17.1 Å². The molecular formula is C50H35N. The lowest BCUT2D eigenvalue weighted by molar-refractivity contribution is 1.28. The monoisotopic (exact) mass is 649 g/mol. The zero-order valence-corrected chi connectivity index (χ0v) is 28.2. The van der Waals surface area contributed by atoms with Gasteiger partial charge in [0.2, 0.25) is 0 Å². The molecule has 240 valence electrons. The van der Waals surface area contributed by atoms with Crippen molar-refractivity contribution in [1.29, 1.82) is 0 Å². The predicted molar refractivity (Wildman–Crippen MR) is 218 cm³/mol. The van der Waals surface area contributed by atoms with Crippen molar-refractivity contribution in [2.24, 2.45) is 0 Å². The van der Waals surface area contributed by atoms with Crippen molar-refractivity contribution in [2.45, 2.75) is 0 Å². The highest BCUT2D eigenvalue weighted by molar-refractivity contribution is 6.14. The van der Waals surface area contributed by atoms with E-state index in [0.29, 0.717) is 0 Å². The summed E-state index contributed by atoms with van der Waals surface area (Å²) < 4.78 is 0. The van der Waals surface area contributed by atoms with Crippen molar-refractivity contribution < 1.29 is 0 Å². The summed E-state index contributed by atoms with van der Waals surface area (Å²) in [7, 11) is 0. The summed E-state index contributed by atoms with van der Waals surface area (Å²) >= 11 is 0. The summed E-state index contributed by atoms with van der Waals surface area (Å²) in [4.78, 5) is 2.40. The molecule has 0 aliphatic carbocycles. The third-order valence-corrected chi connectivity index (χ3v) is 9.87. The molecule has 0 saturated heterocycles. The lowest BCUT2D eigenvalue weighted by Gasteiger charge is -2.29. The van der Waals surface area contributed by atoms with Gasteiger partial charge < -0.3 is 4.90 Å². The maximum Gasteiger partial charge on any atom is 0.0540 e. The van der Waals surface area contributed by atoms with E-state index in [1.54, 1.807) is 0 Å². The van der Waals surface area contributed by atoms with Gasteiger partial charge in [-0.05, 0) is 103 Å². The number of anilines is 3. The fourth-order valence-corrected chi connectivity index (χ4v) is 7.33. The molecule has 0 saturated carbocycles. The van der Waals surface area contributed by atoms with E-state index in [1.807, 2.05) is 0 Å². The summed E-state index contributed by atoms with van der Waals surface area (Å²) in [5, 5.41) is 5.05. The van der Waals surface area contributed by atoms with E-state index in [9.17, 15) is 0 Å². The van der Waals surface area contributed by atoms with Gasteiger partial charge in [0.1, 0.15) is 0 Å². The first kappa shape index (κ1) is 30.4. The molecule has 0 heterocycles. The Morgan fingerprint density at radius 2 is 0.686 bits per heavy atom. The molecular weight excluding hydrogens is 615 g/mol. The van der Waals surface area contributed by atoms with Crippen molar-refractivity contribution in [1.82, 2.24) is 0 Å². The van der Waals surface area contributed by atoms with Gasteiger partial charge in [-0.25, -0.2) is 0 Å². The molecule has 0 bridgehead atoms. The van der Waals surface area contributed by atoms with E-state index < -0.39 is 0 Å². The molecule has 0 fully saturated rings. The molecule has 0 spiro atoms. The van der Waals surface area contributed by atoms with Gasteiger partial charge in [-0.1, -0.05) is 170 Å². The second-order valence-electron chi connectivity index (χ2n) is 13.0. The molecule has 0 amide bonds. The Balaban J connectivity index is 1.24. The number of nitrogens with zero attached hydrogens (tertiary/aromatic N) is 1. The fourth-order valence-electron chi connectivity index (χ4n) is 7.33. The first-order chi connectivity index (χ1) is 25.3. The Labute approximate surface area is 299 Å². The van der Waals surface area contributed by atoms with Gasteiger partial charge in [0, 0.05) is 16.9 Å².